The summed E-state index contributed by atoms with van der Waals surface area (Å²) in [5, 5.41) is 2.93. The van der Waals surface area contributed by atoms with Crippen molar-refractivity contribution in [1.82, 2.24) is 4.98 Å². The van der Waals surface area contributed by atoms with Crippen molar-refractivity contribution in [3.8, 4) is 11.3 Å². The first-order chi connectivity index (χ1) is 15.4. The number of halogens is 3. The van der Waals surface area contributed by atoms with Crippen LogP contribution in [0.4, 0.5) is 35.2 Å². The van der Waals surface area contributed by atoms with Crippen molar-refractivity contribution in [1.29, 1.82) is 0 Å². The van der Waals surface area contributed by atoms with E-state index >= 15 is 0 Å². The number of para-hydroxylation sites is 1. The summed E-state index contributed by atoms with van der Waals surface area (Å²) >= 11 is 0. The largest absolute Gasteiger partial charge is 0.416 e. The molecule has 1 aromatic heterocycles. The lowest BCUT2D eigenvalue weighted by atomic mass is 10.1. The maximum Gasteiger partial charge on any atom is 0.416 e. The molecule has 5 nitrogen and oxygen atoms in total. The minimum atomic E-state index is -4.44. The van der Waals surface area contributed by atoms with Crippen molar-refractivity contribution >= 4 is 23.2 Å². The summed E-state index contributed by atoms with van der Waals surface area (Å²) in [5.74, 6) is 0.480. The summed E-state index contributed by atoms with van der Waals surface area (Å²) in [6, 6.07) is 17.5. The molecule has 164 valence electrons. The molecule has 0 aliphatic carbocycles. The Morgan fingerprint density at radius 3 is 2.44 bits per heavy atom. The van der Waals surface area contributed by atoms with E-state index in [1.165, 1.54) is 6.07 Å². The number of fused-ring (bicyclic) bond motifs is 2. The number of pyridine rings is 1. The van der Waals surface area contributed by atoms with Crippen LogP contribution in [-0.2, 0) is 6.18 Å². The molecule has 3 aliphatic rings. The highest BCUT2D eigenvalue weighted by atomic mass is 19.4. The predicted molar refractivity (Wildman–Crippen MR) is 118 cm³/mol. The van der Waals surface area contributed by atoms with Crippen LogP contribution in [0.5, 0.6) is 0 Å². The van der Waals surface area contributed by atoms with Crippen LogP contribution in [0.15, 0.2) is 66.7 Å². The standard InChI is InChI=1S/C24H21F3N4O/c25-24(26,27)17-6-4-5-16(15-17)20-9-10-21-22(29-20)31(19-11-13-30(21)14-12-19)23(32)28-18-7-2-1-3-8-18/h1-10,15,19H,11-14H2,(H,28,32). The average Bonchev–Trinajstić information content (AvgIpc) is 3.05. The number of urea groups is 1. The minimum absolute atomic E-state index is 0.0273. The lowest BCUT2D eigenvalue weighted by molar-refractivity contribution is -0.137. The molecular formula is C24H21F3N4O. The molecule has 6 rings (SSSR count). The SMILES string of the molecule is O=C(Nc1ccccc1)N1c2nc(-c3cccc(C(F)(F)F)c3)ccc2N2CCC1CC2. The van der Waals surface area contributed by atoms with Crippen molar-refractivity contribution in [2.45, 2.75) is 25.1 Å². The Kier molecular flexibility index (Phi) is 5.00. The summed E-state index contributed by atoms with van der Waals surface area (Å²) in [5.41, 5.74) is 1.53. The molecule has 0 saturated carbocycles. The van der Waals surface area contributed by atoms with Crippen LogP contribution < -0.4 is 15.1 Å². The van der Waals surface area contributed by atoms with Crippen molar-refractivity contribution in [3.05, 3.63) is 72.3 Å². The van der Waals surface area contributed by atoms with E-state index in [1.807, 2.05) is 36.4 Å². The Bertz CT molecular complexity index is 1140. The summed E-state index contributed by atoms with van der Waals surface area (Å²) in [7, 11) is 0. The third-order valence-corrected chi connectivity index (χ3v) is 5.98. The zero-order chi connectivity index (χ0) is 22.3. The molecule has 8 heteroatoms. The number of piperidine rings is 1. The number of nitrogens with one attached hydrogen (secondary N) is 1. The summed E-state index contributed by atoms with van der Waals surface area (Å²) in [6.07, 6.45) is -2.83. The molecule has 32 heavy (non-hydrogen) atoms. The van der Waals surface area contributed by atoms with Gasteiger partial charge in [0.1, 0.15) is 0 Å². The quantitative estimate of drug-likeness (QED) is 0.551. The molecule has 0 unspecified atom stereocenters. The topological polar surface area (TPSA) is 48.5 Å². The monoisotopic (exact) mass is 438 g/mol. The first-order valence-electron chi connectivity index (χ1n) is 10.5. The van der Waals surface area contributed by atoms with E-state index in [0.29, 0.717) is 22.8 Å². The van der Waals surface area contributed by atoms with Gasteiger partial charge in [0.2, 0.25) is 0 Å². The Morgan fingerprint density at radius 2 is 1.72 bits per heavy atom. The van der Waals surface area contributed by atoms with Gasteiger partial charge in [0, 0.05) is 30.4 Å². The second-order valence-electron chi connectivity index (χ2n) is 8.00. The van der Waals surface area contributed by atoms with Crippen LogP contribution in [0.1, 0.15) is 18.4 Å². The van der Waals surface area contributed by atoms with E-state index in [2.05, 4.69) is 10.2 Å². The zero-order valence-corrected chi connectivity index (χ0v) is 17.1. The van der Waals surface area contributed by atoms with Gasteiger partial charge in [0.05, 0.1) is 16.9 Å². The highest BCUT2D eigenvalue weighted by Crippen LogP contribution is 2.40. The smallest absolute Gasteiger partial charge is 0.368 e. The first-order valence-corrected chi connectivity index (χ1v) is 10.5. The van der Waals surface area contributed by atoms with E-state index in [1.54, 1.807) is 17.0 Å². The molecular weight excluding hydrogens is 417 g/mol. The molecule has 4 heterocycles. The second kappa shape index (κ2) is 7.85. The lowest BCUT2D eigenvalue weighted by Gasteiger charge is -2.31. The number of amides is 2. The fourth-order valence-corrected chi connectivity index (χ4v) is 4.39. The Morgan fingerprint density at radius 1 is 0.969 bits per heavy atom. The number of hydrogen-bond donors (Lipinski definition) is 1. The first kappa shape index (κ1) is 20.4. The van der Waals surface area contributed by atoms with Gasteiger partial charge in [0.15, 0.2) is 5.82 Å². The Hall–Kier alpha value is -3.55. The maximum atomic E-state index is 13.3. The van der Waals surface area contributed by atoms with E-state index in [4.69, 9.17) is 4.98 Å². The van der Waals surface area contributed by atoms with E-state index in [9.17, 15) is 18.0 Å². The van der Waals surface area contributed by atoms with Gasteiger partial charge in [-0.2, -0.15) is 13.2 Å². The normalized spacial score (nSPS) is 16.0. The van der Waals surface area contributed by atoms with Crippen LogP contribution >= 0.6 is 0 Å². The van der Waals surface area contributed by atoms with Crippen molar-refractivity contribution in [2.75, 3.05) is 28.2 Å². The number of nitrogens with zero attached hydrogens (tertiary/aromatic N) is 3. The third kappa shape index (κ3) is 3.77. The minimum Gasteiger partial charge on any atom is -0.368 e. The molecule has 1 N–H and O–H groups in total. The van der Waals surface area contributed by atoms with Crippen molar-refractivity contribution in [2.24, 2.45) is 0 Å². The highest BCUT2D eigenvalue weighted by molar-refractivity contribution is 6.04. The number of rotatable bonds is 2. The van der Waals surface area contributed by atoms with E-state index in [-0.39, 0.29) is 12.1 Å². The molecule has 2 amide bonds. The average molecular weight is 438 g/mol. The number of hydrogen-bond acceptors (Lipinski definition) is 3. The van der Waals surface area contributed by atoms with Crippen molar-refractivity contribution < 1.29 is 18.0 Å². The predicted octanol–water partition coefficient (Wildman–Crippen LogP) is 5.79. The lowest BCUT2D eigenvalue weighted by Crippen LogP contribution is -2.46. The van der Waals surface area contributed by atoms with Crippen LogP contribution in [-0.4, -0.2) is 30.1 Å². The molecule has 2 bridgehead atoms. The van der Waals surface area contributed by atoms with Crippen LogP contribution in [0.3, 0.4) is 0 Å². The fraction of sp³-hybridized carbons (Fsp3) is 0.250. The molecule has 3 aromatic rings. The summed E-state index contributed by atoms with van der Waals surface area (Å²) < 4.78 is 39.6. The van der Waals surface area contributed by atoms with Gasteiger partial charge >= 0.3 is 12.2 Å². The molecule has 0 radical (unpaired) electrons. The molecule has 1 fully saturated rings. The molecule has 3 aliphatic heterocycles. The van der Waals surface area contributed by atoms with E-state index in [0.717, 1.165) is 43.8 Å². The Labute approximate surface area is 183 Å². The van der Waals surface area contributed by atoms with Gasteiger partial charge in [-0.05, 0) is 49.2 Å². The summed E-state index contributed by atoms with van der Waals surface area (Å²) in [6.45, 7) is 1.61. The third-order valence-electron chi connectivity index (χ3n) is 5.98. The zero-order valence-electron chi connectivity index (χ0n) is 17.1. The number of benzene rings is 2. The molecule has 0 spiro atoms. The second-order valence-corrected chi connectivity index (χ2v) is 8.00. The van der Waals surface area contributed by atoms with Crippen molar-refractivity contribution in [3.63, 3.8) is 0 Å². The maximum absolute atomic E-state index is 13.3. The van der Waals surface area contributed by atoms with Crippen LogP contribution in [0, 0.1) is 0 Å². The fourth-order valence-electron chi connectivity index (χ4n) is 4.39. The van der Waals surface area contributed by atoms with E-state index < -0.39 is 11.7 Å². The molecule has 1 saturated heterocycles. The number of alkyl halides is 3. The number of carbonyl (C=O) groups excluding carboxylic acids is 1. The van der Waals surface area contributed by atoms with Crippen LogP contribution in [0.2, 0.25) is 0 Å². The number of anilines is 3. The van der Waals surface area contributed by atoms with Gasteiger partial charge < -0.3 is 10.2 Å². The number of aromatic nitrogens is 1. The van der Waals surface area contributed by atoms with Gasteiger partial charge in [0.25, 0.3) is 0 Å². The van der Waals surface area contributed by atoms with Gasteiger partial charge in [-0.25, -0.2) is 9.78 Å². The van der Waals surface area contributed by atoms with Gasteiger partial charge in [-0.1, -0.05) is 30.3 Å². The number of carbonyl (C=O) groups is 1. The highest BCUT2D eigenvalue weighted by Gasteiger charge is 2.37. The Balaban J connectivity index is 1.56. The van der Waals surface area contributed by atoms with Gasteiger partial charge in [-0.3, -0.25) is 4.90 Å². The molecule has 0 atom stereocenters. The summed E-state index contributed by atoms with van der Waals surface area (Å²) in [4.78, 5) is 21.9. The molecule has 2 aromatic carbocycles. The van der Waals surface area contributed by atoms with Crippen LogP contribution in [0.25, 0.3) is 11.3 Å². The van der Waals surface area contributed by atoms with Gasteiger partial charge in [-0.15, -0.1) is 0 Å².